The Kier molecular flexibility index (Phi) is 2.04. The second-order valence-electron chi connectivity index (χ2n) is 3.72. The maximum absolute atomic E-state index is 5.59. The molecule has 1 fully saturated rings. The van der Waals surface area contributed by atoms with Crippen LogP contribution in [0.3, 0.4) is 0 Å². The van der Waals surface area contributed by atoms with E-state index < -0.39 is 0 Å². The Morgan fingerprint density at radius 1 is 1.20 bits per heavy atom. The summed E-state index contributed by atoms with van der Waals surface area (Å²) in [5.74, 6) is 1.55. The molecule has 2 aliphatic rings. The molecule has 2 atom stereocenters. The number of fused-ring (bicyclic) bond motifs is 1. The highest BCUT2D eigenvalue weighted by atomic mass is 16.7. The molecule has 0 bridgehead atoms. The van der Waals surface area contributed by atoms with E-state index in [-0.39, 0.29) is 12.4 Å². The summed E-state index contributed by atoms with van der Waals surface area (Å²) >= 11 is 0. The maximum Gasteiger partial charge on any atom is 0.231 e. The van der Waals surface area contributed by atoms with Gasteiger partial charge in [0.05, 0.1) is 12.7 Å². The summed E-state index contributed by atoms with van der Waals surface area (Å²) in [6.45, 7) is 2.92. The monoisotopic (exact) mass is 208 g/mol. The van der Waals surface area contributed by atoms with Crippen LogP contribution < -0.4 is 9.47 Å². The first-order valence-corrected chi connectivity index (χ1v) is 4.99. The Labute approximate surface area is 87.7 Å². The largest absolute Gasteiger partial charge is 0.454 e. The standard InChI is InChI=1S/C11H12O4/c1-7-5-12-11(15-7)8-2-3-9-10(4-8)14-6-13-9/h2-4,7,11H,5-6H2,1H3/t7-,11+/m0/s1. The summed E-state index contributed by atoms with van der Waals surface area (Å²) in [5, 5.41) is 0. The highest BCUT2D eigenvalue weighted by Gasteiger charge is 2.25. The summed E-state index contributed by atoms with van der Waals surface area (Å²) in [6, 6.07) is 5.73. The molecule has 2 heterocycles. The second-order valence-corrected chi connectivity index (χ2v) is 3.72. The highest BCUT2D eigenvalue weighted by Crippen LogP contribution is 2.36. The molecule has 1 aromatic rings. The minimum Gasteiger partial charge on any atom is -0.454 e. The van der Waals surface area contributed by atoms with Crippen molar-refractivity contribution in [2.45, 2.75) is 19.3 Å². The van der Waals surface area contributed by atoms with Gasteiger partial charge in [-0.2, -0.15) is 0 Å². The average Bonchev–Trinajstić information content (AvgIpc) is 2.84. The Morgan fingerprint density at radius 3 is 2.87 bits per heavy atom. The van der Waals surface area contributed by atoms with Gasteiger partial charge in [0.1, 0.15) is 0 Å². The molecule has 1 saturated heterocycles. The van der Waals surface area contributed by atoms with Gasteiger partial charge in [-0.1, -0.05) is 0 Å². The van der Waals surface area contributed by atoms with Crippen molar-refractivity contribution in [3.05, 3.63) is 23.8 Å². The van der Waals surface area contributed by atoms with Gasteiger partial charge in [-0.25, -0.2) is 0 Å². The lowest BCUT2D eigenvalue weighted by molar-refractivity contribution is -0.0572. The molecule has 0 radical (unpaired) electrons. The van der Waals surface area contributed by atoms with Crippen molar-refractivity contribution in [2.24, 2.45) is 0 Å². The quantitative estimate of drug-likeness (QED) is 0.705. The number of rotatable bonds is 1. The molecule has 0 saturated carbocycles. The van der Waals surface area contributed by atoms with Crippen molar-refractivity contribution in [1.29, 1.82) is 0 Å². The molecule has 2 aliphatic heterocycles. The van der Waals surface area contributed by atoms with Crippen molar-refractivity contribution in [1.82, 2.24) is 0 Å². The third-order valence-corrected chi connectivity index (χ3v) is 2.51. The van der Waals surface area contributed by atoms with Gasteiger partial charge in [0.2, 0.25) is 6.79 Å². The van der Waals surface area contributed by atoms with Gasteiger partial charge in [0.25, 0.3) is 0 Å². The van der Waals surface area contributed by atoms with E-state index in [9.17, 15) is 0 Å². The van der Waals surface area contributed by atoms with Crippen LogP contribution in [0.25, 0.3) is 0 Å². The van der Waals surface area contributed by atoms with E-state index in [0.29, 0.717) is 13.4 Å². The number of hydrogen-bond acceptors (Lipinski definition) is 4. The molecule has 80 valence electrons. The van der Waals surface area contributed by atoms with E-state index in [2.05, 4.69) is 0 Å². The van der Waals surface area contributed by atoms with Crippen molar-refractivity contribution >= 4 is 0 Å². The Balaban J connectivity index is 1.87. The van der Waals surface area contributed by atoms with E-state index >= 15 is 0 Å². The zero-order valence-electron chi connectivity index (χ0n) is 8.43. The van der Waals surface area contributed by atoms with E-state index in [1.165, 1.54) is 0 Å². The van der Waals surface area contributed by atoms with Crippen LogP contribution in [0.5, 0.6) is 11.5 Å². The van der Waals surface area contributed by atoms with Gasteiger partial charge in [-0.05, 0) is 25.1 Å². The minimum absolute atomic E-state index is 0.153. The number of hydrogen-bond donors (Lipinski definition) is 0. The van der Waals surface area contributed by atoms with Gasteiger partial charge in [0, 0.05) is 5.56 Å². The molecule has 0 unspecified atom stereocenters. The molecule has 15 heavy (non-hydrogen) atoms. The smallest absolute Gasteiger partial charge is 0.231 e. The van der Waals surface area contributed by atoms with Crippen molar-refractivity contribution < 1.29 is 18.9 Å². The van der Waals surface area contributed by atoms with Crippen molar-refractivity contribution in [3.8, 4) is 11.5 Å². The van der Waals surface area contributed by atoms with Crippen LogP contribution >= 0.6 is 0 Å². The summed E-state index contributed by atoms with van der Waals surface area (Å²) in [6.07, 6.45) is -0.116. The lowest BCUT2D eigenvalue weighted by Gasteiger charge is -2.10. The highest BCUT2D eigenvalue weighted by molar-refractivity contribution is 5.44. The fourth-order valence-corrected chi connectivity index (χ4v) is 1.75. The molecule has 4 heteroatoms. The molecular weight excluding hydrogens is 196 g/mol. The Hall–Kier alpha value is -1.26. The van der Waals surface area contributed by atoms with Gasteiger partial charge in [0.15, 0.2) is 17.8 Å². The first kappa shape index (κ1) is 9.00. The predicted molar refractivity (Wildman–Crippen MR) is 51.8 cm³/mol. The first-order valence-electron chi connectivity index (χ1n) is 4.99. The van der Waals surface area contributed by atoms with Gasteiger partial charge in [-0.3, -0.25) is 0 Å². The third kappa shape index (κ3) is 1.56. The van der Waals surface area contributed by atoms with Crippen LogP contribution in [0.1, 0.15) is 18.8 Å². The van der Waals surface area contributed by atoms with E-state index in [1.54, 1.807) is 0 Å². The zero-order chi connectivity index (χ0) is 10.3. The topological polar surface area (TPSA) is 36.9 Å². The number of benzene rings is 1. The van der Waals surface area contributed by atoms with E-state index in [4.69, 9.17) is 18.9 Å². The molecule has 0 N–H and O–H groups in total. The Morgan fingerprint density at radius 2 is 2.07 bits per heavy atom. The fourth-order valence-electron chi connectivity index (χ4n) is 1.75. The van der Waals surface area contributed by atoms with Crippen LogP contribution in [0, 0.1) is 0 Å². The fraction of sp³-hybridized carbons (Fsp3) is 0.455. The van der Waals surface area contributed by atoms with E-state index in [0.717, 1.165) is 17.1 Å². The second kappa shape index (κ2) is 3.40. The predicted octanol–water partition coefficient (Wildman–Crippen LogP) is 1.85. The summed E-state index contributed by atoms with van der Waals surface area (Å²) < 4.78 is 21.6. The van der Waals surface area contributed by atoms with Crippen LogP contribution in [-0.2, 0) is 9.47 Å². The summed E-state index contributed by atoms with van der Waals surface area (Å²) in [4.78, 5) is 0. The van der Waals surface area contributed by atoms with Crippen LogP contribution in [0.4, 0.5) is 0 Å². The summed E-state index contributed by atoms with van der Waals surface area (Å²) in [5.41, 5.74) is 0.976. The average molecular weight is 208 g/mol. The minimum atomic E-state index is -0.269. The lowest BCUT2D eigenvalue weighted by atomic mass is 10.2. The van der Waals surface area contributed by atoms with Crippen LogP contribution in [-0.4, -0.2) is 19.5 Å². The van der Waals surface area contributed by atoms with Crippen molar-refractivity contribution in [2.75, 3.05) is 13.4 Å². The lowest BCUT2D eigenvalue weighted by Crippen LogP contribution is -2.02. The zero-order valence-corrected chi connectivity index (χ0v) is 8.43. The molecule has 3 rings (SSSR count). The number of ether oxygens (including phenoxy) is 4. The molecular formula is C11H12O4. The molecule has 0 amide bonds. The third-order valence-electron chi connectivity index (χ3n) is 2.51. The van der Waals surface area contributed by atoms with Gasteiger partial charge < -0.3 is 18.9 Å². The molecule has 0 spiro atoms. The first-order chi connectivity index (χ1) is 7.33. The SMILES string of the molecule is C[C@H]1CO[C@@H](c2ccc3c(c2)OCO3)O1. The molecule has 1 aromatic carbocycles. The van der Waals surface area contributed by atoms with Gasteiger partial charge >= 0.3 is 0 Å². The van der Waals surface area contributed by atoms with Crippen LogP contribution in [0.2, 0.25) is 0 Å². The normalized spacial score (nSPS) is 28.3. The van der Waals surface area contributed by atoms with Crippen LogP contribution in [0.15, 0.2) is 18.2 Å². The van der Waals surface area contributed by atoms with Crippen molar-refractivity contribution in [3.63, 3.8) is 0 Å². The van der Waals surface area contributed by atoms with Gasteiger partial charge in [-0.15, -0.1) is 0 Å². The summed E-state index contributed by atoms with van der Waals surface area (Å²) in [7, 11) is 0. The molecule has 0 aromatic heterocycles. The Bertz CT molecular complexity index is 377. The van der Waals surface area contributed by atoms with E-state index in [1.807, 2.05) is 25.1 Å². The molecule has 4 nitrogen and oxygen atoms in total. The molecule has 0 aliphatic carbocycles. The maximum atomic E-state index is 5.59.